The maximum absolute atomic E-state index is 12.5. The summed E-state index contributed by atoms with van der Waals surface area (Å²) in [5, 5.41) is 2.97. The Morgan fingerprint density at radius 3 is 2.41 bits per heavy atom. The number of esters is 1. The number of hydrogen-bond acceptors (Lipinski definition) is 10. The van der Waals surface area contributed by atoms with Gasteiger partial charge in [-0.2, -0.15) is 19.7 Å². The Balaban J connectivity index is 1.60. The number of nitrogens with one attached hydrogen (secondary N) is 2. The van der Waals surface area contributed by atoms with E-state index in [1.54, 1.807) is 0 Å². The molecule has 0 fully saturated rings. The molecule has 11 nitrogen and oxygen atoms in total. The fraction of sp³-hybridized carbons (Fsp3) is 0.200. The monoisotopic (exact) mass is 458 g/mol. The third-order valence-electron chi connectivity index (χ3n) is 4.13. The predicted octanol–water partition coefficient (Wildman–Crippen LogP) is 1.62. The minimum absolute atomic E-state index is 0.0141. The number of aromatic nitrogens is 3. The molecule has 1 aromatic heterocycles. The molecule has 3 aromatic rings. The van der Waals surface area contributed by atoms with Crippen molar-refractivity contribution in [3.05, 3.63) is 60.4 Å². The van der Waals surface area contributed by atoms with Crippen molar-refractivity contribution in [3.63, 3.8) is 0 Å². The van der Waals surface area contributed by atoms with Gasteiger partial charge in [0, 0.05) is 5.69 Å². The van der Waals surface area contributed by atoms with Gasteiger partial charge in [0.1, 0.15) is 11.8 Å². The number of anilines is 3. The highest BCUT2D eigenvalue weighted by molar-refractivity contribution is 7.89. The summed E-state index contributed by atoms with van der Waals surface area (Å²) in [5.41, 5.74) is 6.44. The SMILES string of the molecule is COc1ccc(S(=O)(=O)N[C@@H](C)C(=O)OCc2nc(N)nc(Nc3ccccc3)n2)cc1. The molecule has 0 aliphatic heterocycles. The molecule has 0 radical (unpaired) electrons. The number of sulfonamides is 1. The minimum Gasteiger partial charge on any atom is -0.497 e. The lowest BCUT2D eigenvalue weighted by atomic mass is 10.3. The maximum atomic E-state index is 12.5. The smallest absolute Gasteiger partial charge is 0.324 e. The van der Waals surface area contributed by atoms with Crippen LogP contribution in [0.4, 0.5) is 17.6 Å². The first-order valence-corrected chi connectivity index (χ1v) is 10.9. The number of nitrogens with zero attached hydrogens (tertiary/aromatic N) is 3. The lowest BCUT2D eigenvalue weighted by Gasteiger charge is -2.14. The molecule has 1 atom stereocenters. The van der Waals surface area contributed by atoms with Crippen molar-refractivity contribution < 1.29 is 22.7 Å². The van der Waals surface area contributed by atoms with E-state index in [4.69, 9.17) is 15.2 Å². The van der Waals surface area contributed by atoms with Gasteiger partial charge >= 0.3 is 5.97 Å². The van der Waals surface area contributed by atoms with Gasteiger partial charge in [-0.05, 0) is 43.3 Å². The molecule has 0 spiro atoms. The molecule has 32 heavy (non-hydrogen) atoms. The molecule has 0 saturated heterocycles. The lowest BCUT2D eigenvalue weighted by Crippen LogP contribution is -2.39. The van der Waals surface area contributed by atoms with E-state index in [2.05, 4.69) is 25.0 Å². The Hall–Kier alpha value is -3.77. The van der Waals surface area contributed by atoms with Crippen LogP contribution < -0.4 is 20.5 Å². The first-order valence-electron chi connectivity index (χ1n) is 9.42. The zero-order valence-corrected chi connectivity index (χ0v) is 18.2. The second-order valence-corrected chi connectivity index (χ2v) is 8.26. The van der Waals surface area contributed by atoms with Crippen LogP contribution in [0.3, 0.4) is 0 Å². The summed E-state index contributed by atoms with van der Waals surface area (Å²) in [6.07, 6.45) is 0. The van der Waals surface area contributed by atoms with E-state index >= 15 is 0 Å². The molecule has 0 bridgehead atoms. The molecular formula is C20H22N6O5S. The van der Waals surface area contributed by atoms with Gasteiger partial charge in [0.05, 0.1) is 12.0 Å². The van der Waals surface area contributed by atoms with E-state index in [0.29, 0.717) is 5.75 Å². The van der Waals surface area contributed by atoms with Gasteiger partial charge in [-0.15, -0.1) is 0 Å². The summed E-state index contributed by atoms with van der Waals surface area (Å²) in [6.45, 7) is 1.05. The van der Waals surface area contributed by atoms with Gasteiger partial charge in [-0.25, -0.2) is 8.42 Å². The number of nitrogen functional groups attached to an aromatic ring is 1. The second-order valence-electron chi connectivity index (χ2n) is 6.55. The van der Waals surface area contributed by atoms with Crippen LogP contribution in [-0.2, 0) is 26.2 Å². The Morgan fingerprint density at radius 2 is 1.75 bits per heavy atom. The van der Waals surface area contributed by atoms with Crippen LogP contribution in [-0.4, -0.2) is 42.5 Å². The zero-order chi connectivity index (χ0) is 23.1. The minimum atomic E-state index is -3.94. The van der Waals surface area contributed by atoms with Crippen LogP contribution in [0.1, 0.15) is 12.7 Å². The van der Waals surface area contributed by atoms with Crippen LogP contribution >= 0.6 is 0 Å². The number of para-hydroxylation sites is 1. The molecule has 1 heterocycles. The molecule has 4 N–H and O–H groups in total. The van der Waals surface area contributed by atoms with Crippen molar-refractivity contribution >= 4 is 33.6 Å². The van der Waals surface area contributed by atoms with Crippen LogP contribution in [0.5, 0.6) is 5.75 Å². The van der Waals surface area contributed by atoms with Crippen LogP contribution in [0, 0.1) is 0 Å². The number of benzene rings is 2. The number of ether oxygens (including phenoxy) is 2. The highest BCUT2D eigenvalue weighted by Gasteiger charge is 2.23. The Morgan fingerprint density at radius 1 is 1.06 bits per heavy atom. The average molecular weight is 459 g/mol. The lowest BCUT2D eigenvalue weighted by molar-refractivity contribution is -0.146. The predicted molar refractivity (Wildman–Crippen MR) is 117 cm³/mol. The number of carbonyl (C=O) groups is 1. The number of methoxy groups -OCH3 is 1. The van der Waals surface area contributed by atoms with Gasteiger partial charge in [-0.3, -0.25) is 4.79 Å². The van der Waals surface area contributed by atoms with Gasteiger partial charge in [0.2, 0.25) is 21.9 Å². The van der Waals surface area contributed by atoms with Gasteiger partial charge in [-0.1, -0.05) is 18.2 Å². The van der Waals surface area contributed by atoms with Crippen molar-refractivity contribution in [2.45, 2.75) is 24.5 Å². The molecular weight excluding hydrogens is 436 g/mol. The summed E-state index contributed by atoms with van der Waals surface area (Å²) < 4.78 is 37.4. The van der Waals surface area contributed by atoms with Crippen LogP contribution in [0.25, 0.3) is 0 Å². The molecule has 0 unspecified atom stereocenters. The summed E-state index contributed by atoms with van der Waals surface area (Å²) in [6, 6.07) is 13.8. The Bertz CT molecular complexity index is 1170. The highest BCUT2D eigenvalue weighted by Crippen LogP contribution is 2.16. The summed E-state index contributed by atoms with van der Waals surface area (Å²) >= 11 is 0. The number of rotatable bonds is 9. The third kappa shape index (κ3) is 6.12. The van der Waals surface area contributed by atoms with Crippen LogP contribution in [0.2, 0.25) is 0 Å². The molecule has 2 aromatic carbocycles. The third-order valence-corrected chi connectivity index (χ3v) is 5.68. The van der Waals surface area contributed by atoms with E-state index in [9.17, 15) is 13.2 Å². The molecule has 0 amide bonds. The fourth-order valence-electron chi connectivity index (χ4n) is 2.57. The number of nitrogens with two attached hydrogens (primary N) is 1. The van der Waals surface area contributed by atoms with Crippen molar-refractivity contribution in [1.82, 2.24) is 19.7 Å². The Kier molecular flexibility index (Phi) is 7.18. The Labute approximate surface area is 185 Å². The van der Waals surface area contributed by atoms with Gasteiger partial charge in [0.25, 0.3) is 0 Å². The van der Waals surface area contributed by atoms with E-state index in [0.717, 1.165) is 5.69 Å². The highest BCUT2D eigenvalue weighted by atomic mass is 32.2. The fourth-order valence-corrected chi connectivity index (χ4v) is 3.77. The topological polar surface area (TPSA) is 158 Å². The van der Waals surface area contributed by atoms with Gasteiger partial charge in [0.15, 0.2) is 12.4 Å². The van der Waals surface area contributed by atoms with Crippen molar-refractivity contribution in [3.8, 4) is 5.75 Å². The van der Waals surface area contributed by atoms with E-state index < -0.39 is 22.0 Å². The van der Waals surface area contributed by atoms with Crippen molar-refractivity contribution in [2.75, 3.05) is 18.2 Å². The number of carbonyl (C=O) groups excluding carboxylic acids is 1. The molecule has 0 saturated carbocycles. The molecule has 168 valence electrons. The van der Waals surface area contributed by atoms with E-state index in [-0.39, 0.29) is 29.2 Å². The normalized spacial score (nSPS) is 12.1. The van der Waals surface area contributed by atoms with E-state index in [1.807, 2.05) is 30.3 Å². The molecule has 0 aliphatic rings. The van der Waals surface area contributed by atoms with Crippen molar-refractivity contribution in [2.24, 2.45) is 0 Å². The first-order chi connectivity index (χ1) is 15.3. The molecule has 12 heteroatoms. The summed E-state index contributed by atoms with van der Waals surface area (Å²) in [4.78, 5) is 24.4. The molecule has 3 rings (SSSR count). The van der Waals surface area contributed by atoms with Crippen molar-refractivity contribution in [1.29, 1.82) is 0 Å². The number of hydrogen-bond donors (Lipinski definition) is 3. The largest absolute Gasteiger partial charge is 0.497 e. The summed E-state index contributed by atoms with van der Waals surface area (Å²) in [5.74, 6) is -0.0666. The first kappa shape index (κ1) is 22.9. The standard InChI is InChI=1S/C20H22N6O5S/c1-13(26-32(28,29)16-10-8-15(30-2)9-11-16)18(27)31-12-17-23-19(21)25-20(24-17)22-14-6-4-3-5-7-14/h3-11,13,26H,12H2,1-2H3,(H3,21,22,23,24,25)/t13-/m0/s1. The van der Waals surface area contributed by atoms with E-state index in [1.165, 1.54) is 38.3 Å². The molecule has 0 aliphatic carbocycles. The second kappa shape index (κ2) is 10.0. The zero-order valence-electron chi connectivity index (χ0n) is 17.3. The van der Waals surface area contributed by atoms with Gasteiger partial charge < -0.3 is 20.5 Å². The van der Waals surface area contributed by atoms with Crippen LogP contribution in [0.15, 0.2) is 59.5 Å². The maximum Gasteiger partial charge on any atom is 0.324 e. The summed E-state index contributed by atoms with van der Waals surface area (Å²) in [7, 11) is -2.47. The average Bonchev–Trinajstić information content (AvgIpc) is 2.77. The quantitative estimate of drug-likeness (QED) is 0.402.